The summed E-state index contributed by atoms with van der Waals surface area (Å²) in [5.74, 6) is -0.211. The highest BCUT2D eigenvalue weighted by atomic mass is 35.5. The first-order chi connectivity index (χ1) is 8.34. The quantitative estimate of drug-likeness (QED) is 0.878. The number of nitrogens with one attached hydrogen (secondary N) is 2. The van der Waals surface area contributed by atoms with Crippen molar-refractivity contribution in [3.63, 3.8) is 0 Å². The van der Waals surface area contributed by atoms with Crippen LogP contribution in [0.25, 0.3) is 10.9 Å². The predicted octanol–water partition coefficient (Wildman–Crippen LogP) is 2.57. The molecule has 0 spiro atoms. The van der Waals surface area contributed by atoms with E-state index in [0.717, 1.165) is 30.4 Å². The summed E-state index contributed by atoms with van der Waals surface area (Å²) in [6.07, 6.45) is 2.75. The summed E-state index contributed by atoms with van der Waals surface area (Å²) in [6.45, 7) is 1.87. The molecule has 0 bridgehead atoms. The summed E-state index contributed by atoms with van der Waals surface area (Å²) in [5.41, 5.74) is 1.40. The first-order valence-corrected chi connectivity index (χ1v) is 5.85. The van der Waals surface area contributed by atoms with Crippen molar-refractivity contribution >= 4 is 29.0 Å². The zero-order chi connectivity index (χ0) is 11.7. The van der Waals surface area contributed by atoms with Crippen molar-refractivity contribution < 1.29 is 4.39 Å². The Hall–Kier alpha value is -1.39. The summed E-state index contributed by atoms with van der Waals surface area (Å²) in [7, 11) is 0. The van der Waals surface area contributed by atoms with Crippen LogP contribution in [0.5, 0.6) is 0 Å². The minimum Gasteiger partial charge on any atom is -0.378 e. The van der Waals surface area contributed by atoms with Crippen LogP contribution in [-0.4, -0.2) is 24.1 Å². The number of hydrogen-bond acceptors (Lipinski definition) is 3. The normalized spacial score (nSPS) is 18.6. The van der Waals surface area contributed by atoms with E-state index in [1.54, 1.807) is 12.3 Å². The van der Waals surface area contributed by atoms with E-state index in [9.17, 15) is 4.39 Å². The molecule has 3 nitrogen and oxygen atoms in total. The second kappa shape index (κ2) is 5.50. The fourth-order valence-electron chi connectivity index (χ4n) is 2.25. The molecule has 2 aromatic rings. The molecule has 18 heavy (non-hydrogen) atoms. The summed E-state index contributed by atoms with van der Waals surface area (Å²) in [4.78, 5) is 4.24. The molecule has 3 rings (SSSR count). The molecule has 1 aliphatic rings. The monoisotopic (exact) mass is 267 g/mol. The number of anilines is 1. The van der Waals surface area contributed by atoms with E-state index in [-0.39, 0.29) is 18.2 Å². The average molecular weight is 268 g/mol. The maximum atomic E-state index is 13.9. The van der Waals surface area contributed by atoms with E-state index in [0.29, 0.717) is 11.7 Å². The van der Waals surface area contributed by atoms with E-state index >= 15 is 0 Å². The molecule has 1 fully saturated rings. The molecule has 5 heteroatoms. The predicted molar refractivity (Wildman–Crippen MR) is 73.8 cm³/mol. The van der Waals surface area contributed by atoms with E-state index in [1.807, 2.05) is 12.1 Å². The number of nitrogens with zero attached hydrogens (tertiary/aromatic N) is 1. The number of benzene rings is 1. The second-order valence-corrected chi connectivity index (χ2v) is 4.33. The molecular formula is C13H15ClFN3. The Morgan fingerprint density at radius 3 is 3.00 bits per heavy atom. The fourth-order valence-corrected chi connectivity index (χ4v) is 2.25. The lowest BCUT2D eigenvalue weighted by Crippen LogP contribution is -2.22. The van der Waals surface area contributed by atoms with Gasteiger partial charge in [0.05, 0.1) is 11.2 Å². The minimum absolute atomic E-state index is 0. The fraction of sp³-hybridized carbons (Fsp3) is 0.308. The zero-order valence-electron chi connectivity index (χ0n) is 9.82. The molecule has 96 valence electrons. The molecule has 1 aromatic heterocycles. The topological polar surface area (TPSA) is 37.0 Å². The Labute approximate surface area is 111 Å². The molecule has 1 aliphatic heterocycles. The van der Waals surface area contributed by atoms with Crippen LogP contribution in [0.1, 0.15) is 6.42 Å². The number of aromatic nitrogens is 1. The van der Waals surface area contributed by atoms with Crippen molar-refractivity contribution in [2.45, 2.75) is 12.5 Å². The van der Waals surface area contributed by atoms with Crippen molar-refractivity contribution in [1.29, 1.82) is 0 Å². The van der Waals surface area contributed by atoms with Crippen molar-refractivity contribution in [3.8, 4) is 0 Å². The van der Waals surface area contributed by atoms with Gasteiger partial charge in [0, 0.05) is 24.2 Å². The van der Waals surface area contributed by atoms with Gasteiger partial charge < -0.3 is 10.6 Å². The van der Waals surface area contributed by atoms with Gasteiger partial charge in [-0.15, -0.1) is 12.4 Å². The number of halogens is 2. The highest BCUT2D eigenvalue weighted by Crippen LogP contribution is 2.26. The van der Waals surface area contributed by atoms with Gasteiger partial charge >= 0.3 is 0 Å². The van der Waals surface area contributed by atoms with Gasteiger partial charge in [-0.2, -0.15) is 0 Å². The molecule has 1 atom stereocenters. The van der Waals surface area contributed by atoms with Gasteiger partial charge in [0.25, 0.3) is 0 Å². The smallest absolute Gasteiger partial charge is 0.147 e. The van der Waals surface area contributed by atoms with Gasteiger partial charge in [0.15, 0.2) is 0 Å². The maximum absolute atomic E-state index is 13.9. The Kier molecular flexibility index (Phi) is 3.99. The molecule has 0 saturated carbocycles. The van der Waals surface area contributed by atoms with Gasteiger partial charge in [-0.05, 0) is 37.2 Å². The lowest BCUT2D eigenvalue weighted by atomic mass is 10.1. The van der Waals surface area contributed by atoms with Crippen LogP contribution in [0.15, 0.2) is 30.5 Å². The maximum Gasteiger partial charge on any atom is 0.147 e. The summed E-state index contributed by atoms with van der Waals surface area (Å²) >= 11 is 0. The number of rotatable bonds is 2. The minimum atomic E-state index is -0.211. The van der Waals surface area contributed by atoms with Crippen molar-refractivity contribution in [2.75, 3.05) is 18.4 Å². The Morgan fingerprint density at radius 1 is 1.33 bits per heavy atom. The highest BCUT2D eigenvalue weighted by molar-refractivity contribution is 5.91. The highest BCUT2D eigenvalue weighted by Gasteiger charge is 2.17. The van der Waals surface area contributed by atoms with Gasteiger partial charge in [0.1, 0.15) is 5.82 Å². The Bertz CT molecular complexity index is 541. The molecule has 0 amide bonds. The molecule has 2 N–H and O–H groups in total. The van der Waals surface area contributed by atoms with Crippen LogP contribution < -0.4 is 10.6 Å². The number of pyridine rings is 1. The number of hydrogen-bond donors (Lipinski definition) is 2. The van der Waals surface area contributed by atoms with Crippen LogP contribution in [0.2, 0.25) is 0 Å². The molecule has 1 unspecified atom stereocenters. The standard InChI is InChI=1S/C13H14FN3.ClH/c14-11-3-4-12-10(2-1-6-16-12)13(11)17-9-5-7-15-8-9;/h1-4,6,9,15,17H,5,7-8H2;1H. The van der Waals surface area contributed by atoms with Crippen LogP contribution in [0, 0.1) is 5.82 Å². The van der Waals surface area contributed by atoms with E-state index < -0.39 is 0 Å². The average Bonchev–Trinajstić information content (AvgIpc) is 2.86. The van der Waals surface area contributed by atoms with Crippen molar-refractivity contribution in [2.24, 2.45) is 0 Å². The van der Waals surface area contributed by atoms with Crippen molar-refractivity contribution in [3.05, 3.63) is 36.3 Å². The second-order valence-electron chi connectivity index (χ2n) is 4.33. The largest absolute Gasteiger partial charge is 0.378 e. The lowest BCUT2D eigenvalue weighted by molar-refractivity contribution is 0.628. The van der Waals surface area contributed by atoms with Crippen LogP contribution in [0.3, 0.4) is 0 Å². The van der Waals surface area contributed by atoms with E-state index in [2.05, 4.69) is 15.6 Å². The molecule has 0 aliphatic carbocycles. The van der Waals surface area contributed by atoms with Gasteiger partial charge in [-0.25, -0.2) is 4.39 Å². The van der Waals surface area contributed by atoms with Crippen LogP contribution in [-0.2, 0) is 0 Å². The molecule has 1 saturated heterocycles. The van der Waals surface area contributed by atoms with Crippen LogP contribution >= 0.6 is 12.4 Å². The van der Waals surface area contributed by atoms with E-state index in [4.69, 9.17) is 0 Å². The summed E-state index contributed by atoms with van der Waals surface area (Å²) < 4.78 is 13.9. The van der Waals surface area contributed by atoms with Gasteiger partial charge in [0.2, 0.25) is 0 Å². The van der Waals surface area contributed by atoms with Gasteiger partial charge in [-0.3, -0.25) is 4.98 Å². The first-order valence-electron chi connectivity index (χ1n) is 5.85. The zero-order valence-corrected chi connectivity index (χ0v) is 10.6. The molecule has 2 heterocycles. The summed E-state index contributed by atoms with van der Waals surface area (Å²) in [5, 5.41) is 7.38. The van der Waals surface area contributed by atoms with Crippen molar-refractivity contribution in [1.82, 2.24) is 10.3 Å². The third kappa shape index (κ3) is 2.40. The Morgan fingerprint density at radius 2 is 2.22 bits per heavy atom. The summed E-state index contributed by atoms with van der Waals surface area (Å²) in [6, 6.07) is 7.22. The third-order valence-electron chi connectivity index (χ3n) is 3.14. The first kappa shape index (κ1) is 13.1. The molecular weight excluding hydrogens is 253 g/mol. The number of fused-ring (bicyclic) bond motifs is 1. The van der Waals surface area contributed by atoms with E-state index in [1.165, 1.54) is 6.07 Å². The molecule has 1 aromatic carbocycles. The third-order valence-corrected chi connectivity index (χ3v) is 3.14. The van der Waals surface area contributed by atoms with Gasteiger partial charge in [-0.1, -0.05) is 0 Å². The molecule has 0 radical (unpaired) electrons. The lowest BCUT2D eigenvalue weighted by Gasteiger charge is -2.15. The Balaban J connectivity index is 0.00000120. The SMILES string of the molecule is Cl.Fc1ccc2ncccc2c1NC1CCNC1. The van der Waals surface area contributed by atoms with Crippen LogP contribution in [0.4, 0.5) is 10.1 Å².